The van der Waals surface area contributed by atoms with E-state index < -0.39 is 0 Å². The van der Waals surface area contributed by atoms with Crippen molar-refractivity contribution in [2.24, 2.45) is 0 Å². The van der Waals surface area contributed by atoms with Gasteiger partial charge in [-0.15, -0.1) is 0 Å². The summed E-state index contributed by atoms with van der Waals surface area (Å²) in [4.78, 5) is 4.60. The van der Waals surface area contributed by atoms with E-state index in [0.717, 1.165) is 24.6 Å². The van der Waals surface area contributed by atoms with Gasteiger partial charge in [0.2, 0.25) is 0 Å². The van der Waals surface area contributed by atoms with Crippen molar-refractivity contribution in [2.45, 2.75) is 18.9 Å². The molecule has 88 valence electrons. The fourth-order valence-electron chi connectivity index (χ4n) is 1.96. The standard InChI is InChI=1S/C12H19N3O/c1-16-9-8-14-12-6-2-4-11(15-12)10-5-3-7-13-10/h2,4,6,10,13H,3,5,7-9H2,1H3,(H,14,15)/t10-/m0/s1. The van der Waals surface area contributed by atoms with Crippen LogP contribution in [0.5, 0.6) is 0 Å². The van der Waals surface area contributed by atoms with E-state index in [1.54, 1.807) is 7.11 Å². The van der Waals surface area contributed by atoms with E-state index >= 15 is 0 Å². The lowest BCUT2D eigenvalue weighted by atomic mass is 10.1. The summed E-state index contributed by atoms with van der Waals surface area (Å²) in [6.07, 6.45) is 2.43. The third-order valence-corrected chi connectivity index (χ3v) is 2.80. The normalized spacial score (nSPS) is 19.9. The molecule has 0 spiro atoms. The van der Waals surface area contributed by atoms with Crippen LogP contribution in [-0.4, -0.2) is 31.8 Å². The molecular weight excluding hydrogens is 202 g/mol. The van der Waals surface area contributed by atoms with E-state index in [1.807, 2.05) is 6.07 Å². The molecule has 4 heteroatoms. The molecule has 0 aliphatic carbocycles. The molecule has 2 heterocycles. The average molecular weight is 221 g/mol. The Bertz CT molecular complexity index is 324. The Kier molecular flexibility index (Phi) is 4.13. The van der Waals surface area contributed by atoms with Gasteiger partial charge >= 0.3 is 0 Å². The Balaban J connectivity index is 1.95. The molecule has 2 N–H and O–H groups in total. The number of hydrogen-bond acceptors (Lipinski definition) is 4. The van der Waals surface area contributed by atoms with E-state index in [9.17, 15) is 0 Å². The van der Waals surface area contributed by atoms with Crippen molar-refractivity contribution < 1.29 is 4.74 Å². The van der Waals surface area contributed by atoms with Crippen LogP contribution < -0.4 is 10.6 Å². The number of rotatable bonds is 5. The first-order valence-electron chi connectivity index (χ1n) is 5.83. The van der Waals surface area contributed by atoms with Gasteiger partial charge in [-0.2, -0.15) is 0 Å². The molecule has 1 aliphatic rings. The van der Waals surface area contributed by atoms with Gasteiger partial charge in [-0.1, -0.05) is 6.07 Å². The van der Waals surface area contributed by atoms with Gasteiger partial charge < -0.3 is 15.4 Å². The number of pyridine rings is 1. The predicted molar refractivity (Wildman–Crippen MR) is 64.6 cm³/mol. The SMILES string of the molecule is COCCNc1cccc([C@@H]2CCCN2)n1. The second kappa shape index (κ2) is 5.82. The first kappa shape index (κ1) is 11.4. The number of methoxy groups -OCH3 is 1. The monoisotopic (exact) mass is 221 g/mol. The highest BCUT2D eigenvalue weighted by atomic mass is 16.5. The Morgan fingerprint density at radius 1 is 1.56 bits per heavy atom. The fourth-order valence-corrected chi connectivity index (χ4v) is 1.96. The Labute approximate surface area is 96.4 Å². The highest BCUT2D eigenvalue weighted by Crippen LogP contribution is 2.21. The zero-order valence-corrected chi connectivity index (χ0v) is 9.70. The highest BCUT2D eigenvalue weighted by molar-refractivity contribution is 5.36. The van der Waals surface area contributed by atoms with Crippen molar-refractivity contribution in [1.29, 1.82) is 0 Å². The molecule has 1 aromatic rings. The van der Waals surface area contributed by atoms with E-state index in [1.165, 1.54) is 12.8 Å². The Hall–Kier alpha value is -1.13. The van der Waals surface area contributed by atoms with Crippen LogP contribution in [0.1, 0.15) is 24.6 Å². The molecule has 0 aromatic carbocycles. The number of hydrogen-bond donors (Lipinski definition) is 2. The molecule has 1 saturated heterocycles. The van der Waals surface area contributed by atoms with Crippen molar-refractivity contribution in [3.63, 3.8) is 0 Å². The number of nitrogens with one attached hydrogen (secondary N) is 2. The summed E-state index contributed by atoms with van der Waals surface area (Å²) in [6, 6.07) is 6.57. The molecule has 0 saturated carbocycles. The first-order chi connectivity index (χ1) is 7.90. The van der Waals surface area contributed by atoms with Crippen LogP contribution >= 0.6 is 0 Å². The van der Waals surface area contributed by atoms with Gasteiger partial charge in [0.15, 0.2) is 0 Å². The molecule has 16 heavy (non-hydrogen) atoms. The van der Waals surface area contributed by atoms with Gasteiger partial charge in [0, 0.05) is 19.7 Å². The van der Waals surface area contributed by atoms with Crippen LogP contribution in [0, 0.1) is 0 Å². The maximum absolute atomic E-state index is 4.99. The molecule has 4 nitrogen and oxygen atoms in total. The van der Waals surface area contributed by atoms with Crippen LogP contribution in [-0.2, 0) is 4.74 Å². The van der Waals surface area contributed by atoms with Crippen molar-refractivity contribution in [3.8, 4) is 0 Å². The lowest BCUT2D eigenvalue weighted by molar-refractivity contribution is 0.210. The molecule has 0 bridgehead atoms. The van der Waals surface area contributed by atoms with Gasteiger partial charge in [0.1, 0.15) is 5.82 Å². The minimum Gasteiger partial charge on any atom is -0.383 e. The molecule has 0 unspecified atom stereocenters. The Morgan fingerprint density at radius 2 is 2.50 bits per heavy atom. The molecule has 1 atom stereocenters. The lowest BCUT2D eigenvalue weighted by Gasteiger charge is -2.11. The van der Waals surface area contributed by atoms with E-state index in [2.05, 4.69) is 27.8 Å². The molecule has 1 aromatic heterocycles. The van der Waals surface area contributed by atoms with Crippen LogP contribution in [0.4, 0.5) is 5.82 Å². The molecule has 1 fully saturated rings. The molecule has 2 rings (SSSR count). The van der Waals surface area contributed by atoms with Crippen molar-refractivity contribution in [1.82, 2.24) is 10.3 Å². The third-order valence-electron chi connectivity index (χ3n) is 2.80. The maximum atomic E-state index is 4.99. The number of aromatic nitrogens is 1. The number of ether oxygens (including phenoxy) is 1. The summed E-state index contributed by atoms with van der Waals surface area (Å²) in [5.74, 6) is 0.934. The van der Waals surface area contributed by atoms with Crippen LogP contribution in [0.2, 0.25) is 0 Å². The van der Waals surface area contributed by atoms with Crippen LogP contribution in [0.15, 0.2) is 18.2 Å². The smallest absolute Gasteiger partial charge is 0.126 e. The largest absolute Gasteiger partial charge is 0.383 e. The number of anilines is 1. The molecule has 0 amide bonds. The van der Waals surface area contributed by atoms with Crippen molar-refractivity contribution in [2.75, 3.05) is 32.1 Å². The molecule has 0 radical (unpaired) electrons. The van der Waals surface area contributed by atoms with Gasteiger partial charge in [-0.3, -0.25) is 0 Å². The Morgan fingerprint density at radius 3 is 3.25 bits per heavy atom. The zero-order valence-electron chi connectivity index (χ0n) is 9.70. The van der Waals surface area contributed by atoms with E-state index in [-0.39, 0.29) is 0 Å². The maximum Gasteiger partial charge on any atom is 0.126 e. The minimum absolute atomic E-state index is 0.434. The fraction of sp³-hybridized carbons (Fsp3) is 0.583. The van der Waals surface area contributed by atoms with Gasteiger partial charge in [0.05, 0.1) is 12.3 Å². The second-order valence-corrected chi connectivity index (χ2v) is 4.02. The minimum atomic E-state index is 0.434. The topological polar surface area (TPSA) is 46.2 Å². The number of nitrogens with zero attached hydrogens (tertiary/aromatic N) is 1. The summed E-state index contributed by atoms with van der Waals surface area (Å²) in [7, 11) is 1.70. The summed E-state index contributed by atoms with van der Waals surface area (Å²) in [5.41, 5.74) is 1.14. The van der Waals surface area contributed by atoms with Gasteiger partial charge in [-0.25, -0.2) is 4.98 Å². The lowest BCUT2D eigenvalue weighted by Crippen LogP contribution is -2.15. The predicted octanol–water partition coefficient (Wildman–Crippen LogP) is 1.56. The van der Waals surface area contributed by atoms with Gasteiger partial charge in [0.25, 0.3) is 0 Å². The summed E-state index contributed by atoms with van der Waals surface area (Å²) >= 11 is 0. The second-order valence-electron chi connectivity index (χ2n) is 4.02. The quantitative estimate of drug-likeness (QED) is 0.741. The van der Waals surface area contributed by atoms with Gasteiger partial charge in [-0.05, 0) is 31.5 Å². The highest BCUT2D eigenvalue weighted by Gasteiger charge is 2.17. The van der Waals surface area contributed by atoms with Crippen molar-refractivity contribution in [3.05, 3.63) is 23.9 Å². The summed E-state index contributed by atoms with van der Waals surface area (Å²) in [6.45, 7) is 2.60. The molecular formula is C12H19N3O. The third kappa shape index (κ3) is 2.93. The summed E-state index contributed by atoms with van der Waals surface area (Å²) < 4.78 is 4.99. The van der Waals surface area contributed by atoms with Crippen LogP contribution in [0.3, 0.4) is 0 Å². The van der Waals surface area contributed by atoms with E-state index in [4.69, 9.17) is 4.74 Å². The van der Waals surface area contributed by atoms with Crippen molar-refractivity contribution >= 4 is 5.82 Å². The first-order valence-corrected chi connectivity index (χ1v) is 5.83. The zero-order chi connectivity index (χ0) is 11.2. The summed E-state index contributed by atoms with van der Waals surface area (Å²) in [5, 5.41) is 6.70. The van der Waals surface area contributed by atoms with Crippen LogP contribution in [0.25, 0.3) is 0 Å². The molecule has 1 aliphatic heterocycles. The average Bonchev–Trinajstić information content (AvgIpc) is 2.83. The van der Waals surface area contributed by atoms with E-state index in [0.29, 0.717) is 12.6 Å².